The molecule has 27 heavy (non-hydrogen) atoms. The van der Waals surface area contributed by atoms with Gasteiger partial charge in [0.1, 0.15) is 5.82 Å². The number of benzene rings is 2. The van der Waals surface area contributed by atoms with E-state index in [4.69, 9.17) is 4.74 Å². The highest BCUT2D eigenvalue weighted by molar-refractivity contribution is 5.93. The van der Waals surface area contributed by atoms with Crippen LogP contribution in [-0.4, -0.2) is 23.5 Å². The number of para-hydroxylation sites is 1. The van der Waals surface area contributed by atoms with Gasteiger partial charge in [-0.05, 0) is 29.8 Å². The highest BCUT2D eigenvalue weighted by Gasteiger charge is 2.06. The number of amides is 1. The number of rotatable bonds is 6. The van der Waals surface area contributed by atoms with Crippen molar-refractivity contribution in [1.82, 2.24) is 10.3 Å². The first-order valence-electron chi connectivity index (χ1n) is 8.31. The molecule has 0 fully saturated rings. The summed E-state index contributed by atoms with van der Waals surface area (Å²) in [4.78, 5) is 27.9. The molecular weight excluding hydrogens is 347 g/mol. The summed E-state index contributed by atoms with van der Waals surface area (Å²) >= 11 is 0. The Morgan fingerprint density at radius 2 is 1.85 bits per heavy atom. The highest BCUT2D eigenvalue weighted by Crippen LogP contribution is 2.17. The lowest BCUT2D eigenvalue weighted by Gasteiger charge is -2.05. The molecule has 0 aliphatic carbocycles. The molecule has 0 aliphatic heterocycles. The van der Waals surface area contributed by atoms with E-state index >= 15 is 0 Å². The lowest BCUT2D eigenvalue weighted by Crippen LogP contribution is -2.28. The first-order valence-corrected chi connectivity index (χ1v) is 8.31. The van der Waals surface area contributed by atoms with E-state index in [-0.39, 0.29) is 12.4 Å². The van der Waals surface area contributed by atoms with Gasteiger partial charge in [0.2, 0.25) is 0 Å². The second-order valence-electron chi connectivity index (χ2n) is 5.77. The van der Waals surface area contributed by atoms with Crippen LogP contribution in [0.2, 0.25) is 0 Å². The third-order valence-corrected chi connectivity index (χ3v) is 3.81. The molecule has 0 radical (unpaired) electrons. The summed E-state index contributed by atoms with van der Waals surface area (Å²) in [6.45, 7) is -0.160. The molecule has 0 unspecified atom stereocenters. The summed E-state index contributed by atoms with van der Waals surface area (Å²) in [5.74, 6) is -1.40. The fourth-order valence-electron chi connectivity index (χ4n) is 2.46. The van der Waals surface area contributed by atoms with Crippen LogP contribution in [0.4, 0.5) is 4.39 Å². The lowest BCUT2D eigenvalue weighted by atomic mass is 10.1. The molecule has 136 valence electrons. The molecule has 0 aliphatic rings. The van der Waals surface area contributed by atoms with Crippen LogP contribution in [0.25, 0.3) is 17.0 Å². The van der Waals surface area contributed by atoms with Crippen molar-refractivity contribution in [1.29, 1.82) is 0 Å². The Hall–Kier alpha value is -3.54. The molecule has 1 amide bonds. The number of carbonyl (C=O) groups is 2. The lowest BCUT2D eigenvalue weighted by molar-refractivity contribution is -0.143. The second kappa shape index (κ2) is 8.71. The molecule has 0 saturated heterocycles. The van der Waals surface area contributed by atoms with Crippen molar-refractivity contribution in [2.45, 2.75) is 6.54 Å². The minimum absolute atomic E-state index is 0.230. The highest BCUT2D eigenvalue weighted by atomic mass is 19.1. The Balaban J connectivity index is 1.49. The van der Waals surface area contributed by atoms with E-state index in [0.29, 0.717) is 0 Å². The Labute approximate surface area is 155 Å². The monoisotopic (exact) mass is 364 g/mol. The second-order valence-corrected chi connectivity index (χ2v) is 5.77. The third-order valence-electron chi connectivity index (χ3n) is 3.81. The van der Waals surface area contributed by atoms with Crippen molar-refractivity contribution in [2.24, 2.45) is 0 Å². The number of carbonyl (C=O) groups excluding carboxylic acids is 2. The van der Waals surface area contributed by atoms with Gasteiger partial charge < -0.3 is 10.1 Å². The molecule has 0 bridgehead atoms. The van der Waals surface area contributed by atoms with Crippen LogP contribution < -0.4 is 5.32 Å². The van der Waals surface area contributed by atoms with Crippen molar-refractivity contribution in [3.63, 3.8) is 0 Å². The van der Waals surface area contributed by atoms with Crippen LogP contribution in [-0.2, 0) is 20.9 Å². The molecule has 3 aromatic rings. The van der Waals surface area contributed by atoms with E-state index in [1.807, 2.05) is 30.3 Å². The van der Waals surface area contributed by atoms with Crippen molar-refractivity contribution in [3.05, 3.63) is 83.8 Å². The minimum atomic E-state index is -0.625. The average Bonchev–Trinajstić information content (AvgIpc) is 2.70. The van der Waals surface area contributed by atoms with Crippen LogP contribution >= 0.6 is 0 Å². The zero-order chi connectivity index (χ0) is 19.1. The topological polar surface area (TPSA) is 68.3 Å². The van der Waals surface area contributed by atoms with E-state index in [0.717, 1.165) is 22.0 Å². The third kappa shape index (κ3) is 5.22. The number of pyridine rings is 1. The number of aromatic nitrogens is 1. The number of hydrogen-bond donors (Lipinski definition) is 1. The summed E-state index contributed by atoms with van der Waals surface area (Å²) in [7, 11) is 0. The van der Waals surface area contributed by atoms with Gasteiger partial charge in [0.25, 0.3) is 5.91 Å². The van der Waals surface area contributed by atoms with Gasteiger partial charge in [-0.25, -0.2) is 9.18 Å². The molecule has 6 heteroatoms. The standard InChI is InChI=1S/C21H17FN2O3/c22-18-9-6-15(7-10-18)13-24-19(25)14-27-20(26)11-8-17-4-1-3-16-5-2-12-23-21(16)17/h1-12H,13-14H2,(H,24,25)/b11-8+. The van der Waals surface area contributed by atoms with Crippen LogP contribution in [0.15, 0.2) is 66.9 Å². The minimum Gasteiger partial charge on any atom is -0.452 e. The molecule has 0 atom stereocenters. The van der Waals surface area contributed by atoms with Crippen molar-refractivity contribution in [3.8, 4) is 0 Å². The largest absolute Gasteiger partial charge is 0.452 e. The summed E-state index contributed by atoms with van der Waals surface area (Å²) in [6, 6.07) is 15.2. The smallest absolute Gasteiger partial charge is 0.331 e. The van der Waals surface area contributed by atoms with Gasteiger partial charge >= 0.3 is 5.97 Å². The van der Waals surface area contributed by atoms with Crippen LogP contribution in [0.1, 0.15) is 11.1 Å². The molecule has 5 nitrogen and oxygen atoms in total. The molecule has 2 aromatic carbocycles. The van der Waals surface area contributed by atoms with Gasteiger partial charge in [-0.15, -0.1) is 0 Å². The molecule has 1 aromatic heterocycles. The van der Waals surface area contributed by atoms with Crippen molar-refractivity contribution in [2.75, 3.05) is 6.61 Å². The molecular formula is C21H17FN2O3. The van der Waals surface area contributed by atoms with Gasteiger partial charge in [0.05, 0.1) is 5.52 Å². The summed E-state index contributed by atoms with van der Waals surface area (Å²) in [6.07, 6.45) is 4.55. The van der Waals surface area contributed by atoms with E-state index in [1.165, 1.54) is 18.2 Å². The average molecular weight is 364 g/mol. The maximum Gasteiger partial charge on any atom is 0.331 e. The molecule has 3 rings (SSSR count). The van der Waals surface area contributed by atoms with E-state index in [1.54, 1.807) is 24.4 Å². The van der Waals surface area contributed by atoms with Gasteiger partial charge in [-0.1, -0.05) is 36.4 Å². The quantitative estimate of drug-likeness (QED) is 0.539. The predicted molar refractivity (Wildman–Crippen MR) is 100.0 cm³/mol. The Bertz CT molecular complexity index is 979. The Morgan fingerprint density at radius 3 is 2.67 bits per heavy atom. The number of ether oxygens (including phenoxy) is 1. The Kier molecular flexibility index (Phi) is 5.89. The Morgan fingerprint density at radius 1 is 1.07 bits per heavy atom. The maximum absolute atomic E-state index is 12.8. The van der Waals surface area contributed by atoms with E-state index in [2.05, 4.69) is 10.3 Å². The number of hydrogen-bond acceptors (Lipinski definition) is 4. The number of nitrogens with zero attached hydrogens (tertiary/aromatic N) is 1. The molecule has 0 spiro atoms. The molecule has 1 N–H and O–H groups in total. The number of halogens is 1. The normalized spacial score (nSPS) is 10.9. The zero-order valence-corrected chi connectivity index (χ0v) is 14.4. The number of fused-ring (bicyclic) bond motifs is 1. The summed E-state index contributed by atoms with van der Waals surface area (Å²) in [5, 5.41) is 3.56. The first-order chi connectivity index (χ1) is 13.1. The van der Waals surface area contributed by atoms with Gasteiger partial charge in [0, 0.05) is 29.8 Å². The number of nitrogens with one attached hydrogen (secondary N) is 1. The molecule has 1 heterocycles. The summed E-state index contributed by atoms with van der Waals surface area (Å²) < 4.78 is 17.7. The molecule has 0 saturated carbocycles. The first kappa shape index (κ1) is 18.3. The predicted octanol–water partition coefficient (Wildman–Crippen LogP) is 3.25. The van der Waals surface area contributed by atoms with Crippen molar-refractivity contribution < 1.29 is 18.7 Å². The van der Waals surface area contributed by atoms with Gasteiger partial charge in [-0.3, -0.25) is 9.78 Å². The van der Waals surface area contributed by atoms with Crippen LogP contribution in [0, 0.1) is 5.82 Å². The van der Waals surface area contributed by atoms with Crippen molar-refractivity contribution >= 4 is 28.9 Å². The number of esters is 1. The fourth-order valence-corrected chi connectivity index (χ4v) is 2.46. The van der Waals surface area contributed by atoms with Crippen LogP contribution in [0.3, 0.4) is 0 Å². The van der Waals surface area contributed by atoms with E-state index < -0.39 is 18.5 Å². The van der Waals surface area contributed by atoms with Gasteiger partial charge in [-0.2, -0.15) is 0 Å². The van der Waals surface area contributed by atoms with E-state index in [9.17, 15) is 14.0 Å². The maximum atomic E-state index is 12.8. The SMILES string of the molecule is O=C(COC(=O)/C=C/c1cccc2cccnc12)NCc1ccc(F)cc1. The van der Waals surface area contributed by atoms with Crippen LogP contribution in [0.5, 0.6) is 0 Å². The summed E-state index contributed by atoms with van der Waals surface area (Å²) in [5.41, 5.74) is 2.31. The zero-order valence-electron chi connectivity index (χ0n) is 14.4. The van der Waals surface area contributed by atoms with Gasteiger partial charge in [0.15, 0.2) is 6.61 Å². The fraction of sp³-hybridized carbons (Fsp3) is 0.0952.